The minimum absolute atomic E-state index is 0.128. The van der Waals surface area contributed by atoms with Crippen LogP contribution >= 0.6 is 11.6 Å². The van der Waals surface area contributed by atoms with E-state index in [1.165, 1.54) is 0 Å². The molecule has 2 aliphatic rings. The summed E-state index contributed by atoms with van der Waals surface area (Å²) in [6.45, 7) is 4.26. The number of carbonyl (C=O) groups is 1. The van der Waals surface area contributed by atoms with Crippen LogP contribution in [0.25, 0.3) is 0 Å². The third-order valence-corrected chi connectivity index (χ3v) is 5.86. The Labute approximate surface area is 176 Å². The first-order valence-electron chi connectivity index (χ1n) is 9.72. The lowest BCUT2D eigenvalue weighted by molar-refractivity contribution is -0.118. The quantitative estimate of drug-likeness (QED) is 0.739. The number of benzene rings is 2. The van der Waals surface area contributed by atoms with Crippen molar-refractivity contribution in [2.45, 2.75) is 32.6 Å². The molecule has 1 atom stereocenters. The number of hydrogen-bond donors (Lipinski definition) is 1. The number of nitrogens with two attached hydrogens (primary N) is 1. The van der Waals surface area contributed by atoms with E-state index in [1.54, 1.807) is 7.11 Å². The van der Waals surface area contributed by atoms with Crippen LogP contribution in [0, 0.1) is 5.41 Å². The highest BCUT2D eigenvalue weighted by molar-refractivity contribution is 6.30. The number of anilines is 1. The molecule has 0 fully saturated rings. The molecular formula is C24H25ClN2O2. The molecule has 2 aromatic rings. The number of nitrogens with zero attached hydrogens (tertiary/aromatic N) is 1. The van der Waals surface area contributed by atoms with Gasteiger partial charge in [-0.1, -0.05) is 37.6 Å². The lowest BCUT2D eigenvalue weighted by Crippen LogP contribution is -2.40. The number of allylic oxidation sites excluding steroid dienone is 3. The molecule has 1 unspecified atom stereocenters. The van der Waals surface area contributed by atoms with Crippen molar-refractivity contribution < 1.29 is 9.53 Å². The van der Waals surface area contributed by atoms with Crippen molar-refractivity contribution in [1.29, 1.82) is 0 Å². The Morgan fingerprint density at radius 2 is 1.86 bits per heavy atom. The van der Waals surface area contributed by atoms with Crippen LogP contribution in [0.5, 0.6) is 5.75 Å². The predicted molar refractivity (Wildman–Crippen MR) is 117 cm³/mol. The number of halogens is 1. The Kier molecular flexibility index (Phi) is 4.91. The highest BCUT2D eigenvalue weighted by Crippen LogP contribution is 2.48. The molecule has 0 spiro atoms. The summed E-state index contributed by atoms with van der Waals surface area (Å²) in [4.78, 5) is 15.3. The van der Waals surface area contributed by atoms with Gasteiger partial charge in [-0.05, 0) is 59.9 Å². The van der Waals surface area contributed by atoms with Gasteiger partial charge in [0.1, 0.15) is 11.6 Å². The second-order valence-corrected chi connectivity index (χ2v) is 8.90. The van der Waals surface area contributed by atoms with Crippen LogP contribution < -0.4 is 15.4 Å². The van der Waals surface area contributed by atoms with Crippen molar-refractivity contribution >= 4 is 23.1 Å². The monoisotopic (exact) mass is 408 g/mol. The van der Waals surface area contributed by atoms with Crippen LogP contribution in [0.2, 0.25) is 5.02 Å². The number of Topliss-reactive ketones (excluding diaryl/α,β-unsaturated/α-hetero) is 1. The molecule has 0 aromatic heterocycles. The topological polar surface area (TPSA) is 55.6 Å². The van der Waals surface area contributed by atoms with E-state index in [2.05, 4.69) is 13.8 Å². The van der Waals surface area contributed by atoms with Gasteiger partial charge in [0.25, 0.3) is 0 Å². The van der Waals surface area contributed by atoms with Crippen molar-refractivity contribution in [1.82, 2.24) is 0 Å². The van der Waals surface area contributed by atoms with Gasteiger partial charge in [0.05, 0.1) is 7.11 Å². The summed E-state index contributed by atoms with van der Waals surface area (Å²) < 4.78 is 5.39. The van der Waals surface area contributed by atoms with E-state index in [0.29, 0.717) is 17.3 Å². The van der Waals surface area contributed by atoms with Gasteiger partial charge in [-0.2, -0.15) is 0 Å². The summed E-state index contributed by atoms with van der Waals surface area (Å²) in [5.41, 5.74) is 10.1. The average Bonchev–Trinajstić information content (AvgIpc) is 2.67. The van der Waals surface area contributed by atoms with Gasteiger partial charge in [0.2, 0.25) is 0 Å². The van der Waals surface area contributed by atoms with Gasteiger partial charge in [0, 0.05) is 34.3 Å². The van der Waals surface area contributed by atoms with Crippen LogP contribution in [0.3, 0.4) is 0 Å². The fourth-order valence-corrected chi connectivity index (χ4v) is 4.46. The fraction of sp³-hybridized carbons (Fsp3) is 0.292. The number of ether oxygens (including phenoxy) is 1. The lowest BCUT2D eigenvalue weighted by Gasteiger charge is -2.42. The highest BCUT2D eigenvalue weighted by atomic mass is 35.5. The van der Waals surface area contributed by atoms with Gasteiger partial charge in [-0.15, -0.1) is 0 Å². The zero-order valence-electron chi connectivity index (χ0n) is 16.9. The number of rotatable bonds is 3. The molecule has 4 nitrogen and oxygen atoms in total. The highest BCUT2D eigenvalue weighted by Gasteiger charge is 2.41. The first-order chi connectivity index (χ1) is 13.8. The molecule has 0 amide bonds. The molecule has 2 N–H and O–H groups in total. The molecule has 29 heavy (non-hydrogen) atoms. The molecule has 4 rings (SSSR count). The molecule has 2 aromatic carbocycles. The Morgan fingerprint density at radius 1 is 1.14 bits per heavy atom. The van der Waals surface area contributed by atoms with Crippen LogP contribution in [0.1, 0.15) is 38.2 Å². The van der Waals surface area contributed by atoms with E-state index < -0.39 is 0 Å². The predicted octanol–water partition coefficient (Wildman–Crippen LogP) is 5.40. The normalized spacial score (nSPS) is 21.0. The van der Waals surface area contributed by atoms with Crippen LogP contribution in [-0.2, 0) is 4.79 Å². The van der Waals surface area contributed by atoms with E-state index in [-0.39, 0.29) is 17.1 Å². The Balaban J connectivity index is 1.89. The van der Waals surface area contributed by atoms with E-state index in [0.717, 1.165) is 34.7 Å². The van der Waals surface area contributed by atoms with Gasteiger partial charge in [-0.3, -0.25) is 4.79 Å². The summed E-state index contributed by atoms with van der Waals surface area (Å²) in [5, 5.41) is 0.664. The van der Waals surface area contributed by atoms with Crippen LogP contribution in [0.4, 0.5) is 5.69 Å². The standard InChI is InChI=1S/C24H25ClN2O2/c1-24(2)13-20-23(21(28)14-24)19(15-5-4-6-18(11-15)29-3)12-22(26)27(20)17-9-7-16(25)8-10-17/h4-12,19H,13-14,26H2,1-3H3. The summed E-state index contributed by atoms with van der Waals surface area (Å²) in [6, 6.07) is 15.4. The lowest BCUT2D eigenvalue weighted by atomic mass is 9.70. The van der Waals surface area contributed by atoms with Crippen molar-refractivity contribution in [3.05, 3.63) is 82.3 Å². The van der Waals surface area contributed by atoms with Gasteiger partial charge in [-0.25, -0.2) is 0 Å². The van der Waals surface area contributed by atoms with Crippen molar-refractivity contribution in [2.24, 2.45) is 11.1 Å². The molecule has 0 saturated heterocycles. The number of methoxy groups -OCH3 is 1. The third kappa shape index (κ3) is 3.65. The molecular weight excluding hydrogens is 384 g/mol. The third-order valence-electron chi connectivity index (χ3n) is 5.61. The molecule has 1 aliphatic heterocycles. The summed E-state index contributed by atoms with van der Waals surface area (Å²) in [5.74, 6) is 1.36. The number of carbonyl (C=O) groups excluding carboxylic acids is 1. The summed E-state index contributed by atoms with van der Waals surface area (Å²) in [6.07, 6.45) is 3.26. The van der Waals surface area contributed by atoms with Crippen molar-refractivity contribution in [3.63, 3.8) is 0 Å². The smallest absolute Gasteiger partial charge is 0.162 e. The zero-order valence-corrected chi connectivity index (χ0v) is 17.7. The van der Waals surface area contributed by atoms with Crippen LogP contribution in [-0.4, -0.2) is 12.9 Å². The van der Waals surface area contributed by atoms with E-state index >= 15 is 0 Å². The van der Waals surface area contributed by atoms with Gasteiger partial charge < -0.3 is 15.4 Å². The van der Waals surface area contributed by atoms with Crippen molar-refractivity contribution in [3.8, 4) is 5.75 Å². The number of ketones is 1. The molecule has 0 radical (unpaired) electrons. The Hall–Kier alpha value is -2.72. The minimum Gasteiger partial charge on any atom is -0.497 e. The second kappa shape index (κ2) is 7.27. The zero-order chi connectivity index (χ0) is 20.8. The molecule has 1 heterocycles. The van der Waals surface area contributed by atoms with Gasteiger partial charge in [0.15, 0.2) is 5.78 Å². The maximum atomic E-state index is 13.3. The maximum absolute atomic E-state index is 13.3. The largest absolute Gasteiger partial charge is 0.497 e. The van der Waals surface area contributed by atoms with E-state index in [9.17, 15) is 4.79 Å². The van der Waals surface area contributed by atoms with E-state index in [4.69, 9.17) is 22.1 Å². The van der Waals surface area contributed by atoms with Gasteiger partial charge >= 0.3 is 0 Å². The number of hydrogen-bond acceptors (Lipinski definition) is 4. The maximum Gasteiger partial charge on any atom is 0.162 e. The molecule has 150 valence electrons. The molecule has 1 aliphatic carbocycles. The average molecular weight is 409 g/mol. The Morgan fingerprint density at radius 3 is 2.55 bits per heavy atom. The second-order valence-electron chi connectivity index (χ2n) is 8.46. The van der Waals surface area contributed by atoms with Crippen LogP contribution in [0.15, 0.2) is 71.7 Å². The fourth-order valence-electron chi connectivity index (χ4n) is 4.33. The first-order valence-corrected chi connectivity index (χ1v) is 10.1. The summed E-state index contributed by atoms with van der Waals surface area (Å²) >= 11 is 6.08. The van der Waals surface area contributed by atoms with E-state index in [1.807, 2.05) is 59.5 Å². The SMILES string of the molecule is COc1cccc(C2C=C(N)N(c3ccc(Cl)cc3)C3=C2C(=O)CC(C)(C)C3)c1. The molecule has 0 bridgehead atoms. The molecule has 5 heteroatoms. The Bertz CT molecular complexity index is 1020. The first kappa shape index (κ1) is 19.6. The summed E-state index contributed by atoms with van der Waals surface area (Å²) in [7, 11) is 1.64. The minimum atomic E-state index is -0.188. The van der Waals surface area contributed by atoms with Crippen molar-refractivity contribution in [2.75, 3.05) is 12.0 Å². The molecule has 0 saturated carbocycles.